The Morgan fingerprint density at radius 3 is 2.18 bits per heavy atom. The highest BCUT2D eigenvalue weighted by molar-refractivity contribution is 4.94. The van der Waals surface area contributed by atoms with Crippen molar-refractivity contribution in [2.75, 3.05) is 6.54 Å². The van der Waals surface area contributed by atoms with Crippen LogP contribution in [0.15, 0.2) is 0 Å². The highest BCUT2D eigenvalue weighted by Crippen LogP contribution is 2.43. The van der Waals surface area contributed by atoms with Crippen molar-refractivity contribution >= 4 is 0 Å². The Hall–Kier alpha value is -0.0800. The molecule has 1 atom stereocenters. The predicted molar refractivity (Wildman–Crippen MR) is 74.3 cm³/mol. The summed E-state index contributed by atoms with van der Waals surface area (Å²) < 4.78 is 6.13. The number of ether oxygens (including phenoxy) is 1. The van der Waals surface area contributed by atoms with Crippen molar-refractivity contribution in [3.8, 4) is 0 Å². The topological polar surface area (TPSA) is 21.3 Å². The van der Waals surface area contributed by atoms with E-state index < -0.39 is 0 Å². The summed E-state index contributed by atoms with van der Waals surface area (Å²) in [5.74, 6) is 0.694. The number of hydrogen-bond acceptors (Lipinski definition) is 2. The summed E-state index contributed by atoms with van der Waals surface area (Å²) in [6.07, 6.45) is 3.69. The lowest BCUT2D eigenvalue weighted by molar-refractivity contribution is -0.0752. The summed E-state index contributed by atoms with van der Waals surface area (Å²) in [5.41, 5.74) is 0.345. The number of rotatable bonds is 4. The van der Waals surface area contributed by atoms with Gasteiger partial charge in [-0.3, -0.25) is 0 Å². The van der Waals surface area contributed by atoms with Crippen LogP contribution in [-0.4, -0.2) is 23.3 Å². The second-order valence-corrected chi connectivity index (χ2v) is 7.69. The quantitative estimate of drug-likeness (QED) is 0.757. The van der Waals surface area contributed by atoms with E-state index in [0.29, 0.717) is 5.92 Å². The maximum atomic E-state index is 6.13. The Morgan fingerprint density at radius 2 is 1.76 bits per heavy atom. The lowest BCUT2D eigenvalue weighted by Gasteiger charge is -2.28. The molecule has 2 nitrogen and oxygen atoms in total. The van der Waals surface area contributed by atoms with Crippen LogP contribution in [0, 0.1) is 5.92 Å². The van der Waals surface area contributed by atoms with Crippen molar-refractivity contribution in [3.05, 3.63) is 0 Å². The molecule has 102 valence electrons. The number of nitrogens with one attached hydrogen (secondary N) is 1. The molecule has 0 radical (unpaired) electrons. The van der Waals surface area contributed by atoms with Gasteiger partial charge >= 0.3 is 0 Å². The van der Waals surface area contributed by atoms with Gasteiger partial charge in [0.1, 0.15) is 0 Å². The summed E-state index contributed by atoms with van der Waals surface area (Å²) in [6, 6.07) is 0. The first-order valence-electron chi connectivity index (χ1n) is 6.97. The molecule has 0 spiro atoms. The third-order valence-electron chi connectivity index (χ3n) is 3.65. The molecule has 17 heavy (non-hydrogen) atoms. The molecule has 0 aromatic carbocycles. The predicted octanol–water partition coefficient (Wildman–Crippen LogP) is 3.75. The third-order valence-corrected chi connectivity index (χ3v) is 3.65. The van der Waals surface area contributed by atoms with E-state index in [2.05, 4.69) is 53.8 Å². The van der Waals surface area contributed by atoms with Crippen LogP contribution in [0.2, 0.25) is 0 Å². The van der Waals surface area contributed by atoms with Crippen LogP contribution in [0.5, 0.6) is 0 Å². The minimum absolute atomic E-state index is 0.0469. The van der Waals surface area contributed by atoms with Crippen molar-refractivity contribution < 1.29 is 4.74 Å². The van der Waals surface area contributed by atoms with Crippen molar-refractivity contribution in [1.29, 1.82) is 0 Å². The fourth-order valence-electron chi connectivity index (χ4n) is 2.94. The minimum Gasteiger partial charge on any atom is -0.369 e. The monoisotopic (exact) mass is 241 g/mol. The van der Waals surface area contributed by atoms with Crippen LogP contribution in [0.4, 0.5) is 0 Å². The standard InChI is InChI=1S/C15H31NO/c1-13(2,3)16-10-8-9-12-11-14(4,5)17-15(12,6)7/h12,16H,8-11H2,1-7H3. The van der Waals surface area contributed by atoms with Crippen LogP contribution < -0.4 is 5.32 Å². The molecule has 0 aromatic rings. The lowest BCUT2D eigenvalue weighted by Crippen LogP contribution is -2.37. The van der Waals surface area contributed by atoms with Crippen LogP contribution >= 0.6 is 0 Å². The van der Waals surface area contributed by atoms with E-state index in [1.54, 1.807) is 0 Å². The van der Waals surface area contributed by atoms with E-state index in [0.717, 1.165) is 6.54 Å². The molecule has 1 N–H and O–H groups in total. The normalized spacial score (nSPS) is 27.4. The summed E-state index contributed by atoms with van der Waals surface area (Å²) >= 11 is 0. The third kappa shape index (κ3) is 4.97. The highest BCUT2D eigenvalue weighted by atomic mass is 16.5. The summed E-state index contributed by atoms with van der Waals surface area (Å²) in [4.78, 5) is 0. The van der Waals surface area contributed by atoms with Crippen molar-refractivity contribution in [2.24, 2.45) is 5.92 Å². The largest absolute Gasteiger partial charge is 0.369 e. The minimum atomic E-state index is 0.0469. The fraction of sp³-hybridized carbons (Fsp3) is 1.00. The van der Waals surface area contributed by atoms with Gasteiger partial charge in [-0.15, -0.1) is 0 Å². The van der Waals surface area contributed by atoms with Gasteiger partial charge in [0.25, 0.3) is 0 Å². The van der Waals surface area contributed by atoms with Gasteiger partial charge in [-0.2, -0.15) is 0 Å². The SMILES string of the molecule is CC(C)(C)NCCCC1CC(C)(C)OC1(C)C. The second kappa shape index (κ2) is 4.89. The first kappa shape index (κ1) is 15.0. The molecule has 0 aliphatic carbocycles. The van der Waals surface area contributed by atoms with Crippen LogP contribution in [0.25, 0.3) is 0 Å². The average Bonchev–Trinajstić information content (AvgIpc) is 2.26. The summed E-state index contributed by atoms with van der Waals surface area (Å²) in [5, 5.41) is 3.55. The Bertz CT molecular complexity index is 250. The molecule has 1 aliphatic rings. The molecule has 1 rings (SSSR count). The van der Waals surface area contributed by atoms with Crippen molar-refractivity contribution in [3.63, 3.8) is 0 Å². The van der Waals surface area contributed by atoms with Crippen LogP contribution in [0.3, 0.4) is 0 Å². The van der Waals surface area contributed by atoms with Gasteiger partial charge in [-0.1, -0.05) is 0 Å². The molecule has 2 heteroatoms. The average molecular weight is 241 g/mol. The molecular formula is C15H31NO. The van der Waals surface area contributed by atoms with E-state index in [-0.39, 0.29) is 16.7 Å². The van der Waals surface area contributed by atoms with Gasteiger partial charge in [0.05, 0.1) is 11.2 Å². The Balaban J connectivity index is 2.33. The smallest absolute Gasteiger partial charge is 0.0662 e. The van der Waals surface area contributed by atoms with Gasteiger partial charge in [0.2, 0.25) is 0 Å². The maximum absolute atomic E-state index is 6.13. The van der Waals surface area contributed by atoms with E-state index in [4.69, 9.17) is 4.74 Å². The summed E-state index contributed by atoms with van der Waals surface area (Å²) in [7, 11) is 0. The molecule has 1 heterocycles. The van der Waals surface area contributed by atoms with Crippen molar-refractivity contribution in [2.45, 2.75) is 84.5 Å². The fourth-order valence-corrected chi connectivity index (χ4v) is 2.94. The van der Waals surface area contributed by atoms with Crippen molar-refractivity contribution in [1.82, 2.24) is 5.32 Å². The van der Waals surface area contributed by atoms with Gasteiger partial charge in [-0.05, 0) is 80.2 Å². The van der Waals surface area contributed by atoms with E-state index in [9.17, 15) is 0 Å². The molecule has 1 saturated heterocycles. The van der Waals surface area contributed by atoms with Gasteiger partial charge in [-0.25, -0.2) is 0 Å². The zero-order chi connectivity index (χ0) is 13.3. The molecular weight excluding hydrogens is 210 g/mol. The molecule has 0 saturated carbocycles. The molecule has 1 fully saturated rings. The number of hydrogen-bond donors (Lipinski definition) is 1. The molecule has 1 unspecified atom stereocenters. The first-order chi connectivity index (χ1) is 7.52. The van der Waals surface area contributed by atoms with Gasteiger partial charge in [0.15, 0.2) is 0 Å². The molecule has 0 amide bonds. The summed E-state index contributed by atoms with van der Waals surface area (Å²) in [6.45, 7) is 16.7. The maximum Gasteiger partial charge on any atom is 0.0662 e. The molecule has 0 aromatic heterocycles. The second-order valence-electron chi connectivity index (χ2n) is 7.69. The van der Waals surface area contributed by atoms with E-state index in [1.165, 1.54) is 19.3 Å². The van der Waals surface area contributed by atoms with Gasteiger partial charge in [0, 0.05) is 5.54 Å². The van der Waals surface area contributed by atoms with Gasteiger partial charge < -0.3 is 10.1 Å². The Labute approximate surface area is 108 Å². The Morgan fingerprint density at radius 1 is 1.18 bits per heavy atom. The van der Waals surface area contributed by atoms with E-state index in [1.807, 2.05) is 0 Å². The zero-order valence-corrected chi connectivity index (χ0v) is 12.8. The van der Waals surface area contributed by atoms with Crippen LogP contribution in [0.1, 0.15) is 67.7 Å². The molecule has 1 aliphatic heterocycles. The zero-order valence-electron chi connectivity index (χ0n) is 12.8. The molecule has 0 bridgehead atoms. The van der Waals surface area contributed by atoms with Crippen LogP contribution in [-0.2, 0) is 4.74 Å². The first-order valence-corrected chi connectivity index (χ1v) is 6.97. The lowest BCUT2D eigenvalue weighted by atomic mass is 9.84. The highest BCUT2D eigenvalue weighted by Gasteiger charge is 2.44. The van der Waals surface area contributed by atoms with E-state index >= 15 is 0 Å². The Kier molecular flexibility index (Phi) is 4.31.